The third-order valence-electron chi connectivity index (χ3n) is 4.84. The van der Waals surface area contributed by atoms with Crippen LogP contribution >= 0.6 is 34.8 Å². The fraction of sp³-hybridized carbons (Fsp3) is 0.167. The van der Waals surface area contributed by atoms with Crippen LogP contribution in [0.15, 0.2) is 53.4 Å². The van der Waals surface area contributed by atoms with E-state index in [2.05, 4.69) is 10.0 Å². The van der Waals surface area contributed by atoms with Gasteiger partial charge in [-0.3, -0.25) is 14.3 Å². The molecule has 0 bridgehead atoms. The molecule has 36 heavy (non-hydrogen) atoms. The summed E-state index contributed by atoms with van der Waals surface area (Å²) in [5.41, 5.74) is 1.01. The summed E-state index contributed by atoms with van der Waals surface area (Å²) in [6, 6.07) is 11.2. The van der Waals surface area contributed by atoms with Gasteiger partial charge in [-0.2, -0.15) is 0 Å². The van der Waals surface area contributed by atoms with Crippen LogP contribution in [0.5, 0.6) is 11.5 Å². The number of hydrogen-bond donors (Lipinski definition) is 3. The third-order valence-corrected chi connectivity index (χ3v) is 7.30. The second kappa shape index (κ2) is 11.4. The maximum atomic E-state index is 13.2. The highest BCUT2D eigenvalue weighted by atomic mass is 35.5. The van der Waals surface area contributed by atoms with Crippen molar-refractivity contribution in [2.24, 2.45) is 0 Å². The molecule has 8 nitrogen and oxygen atoms in total. The van der Waals surface area contributed by atoms with Crippen molar-refractivity contribution >= 4 is 62.4 Å². The number of carbonyl (C=O) groups is 2. The maximum Gasteiger partial charge on any atom is 0.307 e. The van der Waals surface area contributed by atoms with E-state index >= 15 is 0 Å². The molecule has 1 amide bonds. The van der Waals surface area contributed by atoms with E-state index in [-0.39, 0.29) is 44.1 Å². The summed E-state index contributed by atoms with van der Waals surface area (Å²) in [5, 5.41) is 12.2. The minimum absolute atomic E-state index is 0.0389. The van der Waals surface area contributed by atoms with Gasteiger partial charge >= 0.3 is 5.97 Å². The highest BCUT2D eigenvalue weighted by molar-refractivity contribution is 7.92. The summed E-state index contributed by atoms with van der Waals surface area (Å²) in [4.78, 5) is 23.3. The summed E-state index contributed by atoms with van der Waals surface area (Å²) >= 11 is 18.3. The number of hydrogen-bond acceptors (Lipinski definition) is 5. The molecule has 190 valence electrons. The van der Waals surface area contributed by atoms with Gasteiger partial charge in [-0.15, -0.1) is 0 Å². The molecular formula is C24H21Cl3N2O6S. The molecule has 0 saturated heterocycles. The topological polar surface area (TPSA) is 122 Å². The average molecular weight is 572 g/mol. The van der Waals surface area contributed by atoms with Crippen molar-refractivity contribution in [2.75, 3.05) is 11.3 Å². The molecular weight excluding hydrogens is 551 g/mol. The molecule has 3 rings (SSSR count). The standard InChI is InChI=1S/C24H21Cl3N2O6S/c1-3-28-24(32)15-4-5-21(35-17-8-14(9-23(30)31)7-16(25)11-17)20(10-15)29-36(33,34)22-6-13(2)18(26)12-19(22)27/h4-8,10-12,29H,3,9H2,1-2H3,(H,28,32)(H,30,31). The number of amides is 1. The number of carbonyl (C=O) groups excluding carboxylic acids is 1. The second-order valence-electron chi connectivity index (χ2n) is 7.68. The van der Waals surface area contributed by atoms with Gasteiger partial charge < -0.3 is 15.2 Å². The van der Waals surface area contributed by atoms with Crippen LogP contribution in [0, 0.1) is 6.92 Å². The molecule has 0 radical (unpaired) electrons. The van der Waals surface area contributed by atoms with E-state index in [0.717, 1.165) is 0 Å². The number of aliphatic carboxylic acids is 1. The molecule has 0 atom stereocenters. The first kappa shape index (κ1) is 27.6. The monoisotopic (exact) mass is 570 g/mol. The van der Waals surface area contributed by atoms with Crippen LogP contribution in [0.3, 0.4) is 0 Å². The molecule has 3 aromatic rings. The third kappa shape index (κ3) is 6.82. The second-order valence-corrected chi connectivity index (χ2v) is 10.6. The summed E-state index contributed by atoms with van der Waals surface area (Å²) in [7, 11) is -4.24. The Bertz CT molecular complexity index is 1440. The summed E-state index contributed by atoms with van der Waals surface area (Å²) in [6.07, 6.45) is -0.291. The van der Waals surface area contributed by atoms with E-state index < -0.39 is 21.9 Å². The molecule has 12 heteroatoms. The molecule has 0 fully saturated rings. The van der Waals surface area contributed by atoms with Crippen molar-refractivity contribution in [2.45, 2.75) is 25.2 Å². The van der Waals surface area contributed by atoms with Crippen molar-refractivity contribution < 1.29 is 27.9 Å². The van der Waals surface area contributed by atoms with Crippen LogP contribution in [0.25, 0.3) is 0 Å². The number of carboxylic acid groups (broad SMARTS) is 1. The fourth-order valence-electron chi connectivity index (χ4n) is 3.22. The number of benzene rings is 3. The molecule has 0 spiro atoms. The van der Waals surface area contributed by atoms with Gasteiger partial charge in [0.25, 0.3) is 15.9 Å². The van der Waals surface area contributed by atoms with Crippen LogP contribution < -0.4 is 14.8 Å². The smallest absolute Gasteiger partial charge is 0.307 e. The van der Waals surface area contributed by atoms with Crippen LogP contribution in [0.1, 0.15) is 28.4 Å². The molecule has 0 unspecified atom stereocenters. The van der Waals surface area contributed by atoms with E-state index in [9.17, 15) is 18.0 Å². The SMILES string of the molecule is CCNC(=O)c1ccc(Oc2cc(Cl)cc(CC(=O)O)c2)c(NS(=O)(=O)c2cc(C)c(Cl)cc2Cl)c1. The van der Waals surface area contributed by atoms with E-state index in [1.807, 2.05) is 0 Å². The van der Waals surface area contributed by atoms with Gasteiger partial charge in [-0.25, -0.2) is 8.42 Å². The Labute approximate surface area is 223 Å². The molecule has 0 aromatic heterocycles. The highest BCUT2D eigenvalue weighted by Gasteiger charge is 2.23. The van der Waals surface area contributed by atoms with E-state index in [1.165, 1.54) is 48.5 Å². The number of ether oxygens (including phenoxy) is 1. The number of sulfonamides is 1. The van der Waals surface area contributed by atoms with Gasteiger partial charge in [0.05, 0.1) is 17.1 Å². The Kier molecular flexibility index (Phi) is 8.73. The summed E-state index contributed by atoms with van der Waals surface area (Å²) in [6.45, 7) is 3.75. The first-order chi connectivity index (χ1) is 16.9. The van der Waals surface area contributed by atoms with Gasteiger partial charge in [-0.1, -0.05) is 34.8 Å². The number of aryl methyl sites for hydroxylation is 1. The molecule has 0 aliphatic rings. The Balaban J connectivity index is 2.07. The zero-order chi connectivity index (χ0) is 26.6. The first-order valence-corrected chi connectivity index (χ1v) is 13.1. The lowest BCUT2D eigenvalue weighted by molar-refractivity contribution is -0.136. The van der Waals surface area contributed by atoms with Crippen LogP contribution in [-0.2, 0) is 21.2 Å². The minimum Gasteiger partial charge on any atom is -0.481 e. The Hall–Kier alpha value is -2.98. The lowest BCUT2D eigenvalue weighted by Crippen LogP contribution is -2.23. The van der Waals surface area contributed by atoms with Crippen molar-refractivity contribution in [3.63, 3.8) is 0 Å². The van der Waals surface area contributed by atoms with Crippen LogP contribution in [0.2, 0.25) is 15.1 Å². The molecule has 3 N–H and O–H groups in total. The number of nitrogens with one attached hydrogen (secondary N) is 2. The number of halogens is 3. The van der Waals surface area contributed by atoms with Crippen molar-refractivity contribution in [1.29, 1.82) is 0 Å². The zero-order valence-electron chi connectivity index (χ0n) is 19.1. The molecule has 0 heterocycles. The van der Waals surface area contributed by atoms with Gasteiger partial charge in [0, 0.05) is 22.2 Å². The Morgan fingerprint density at radius 2 is 1.72 bits per heavy atom. The largest absolute Gasteiger partial charge is 0.481 e. The molecule has 3 aromatic carbocycles. The fourth-order valence-corrected chi connectivity index (χ4v) is 5.36. The van der Waals surface area contributed by atoms with Gasteiger partial charge in [0.2, 0.25) is 0 Å². The Morgan fingerprint density at radius 1 is 1.00 bits per heavy atom. The van der Waals surface area contributed by atoms with E-state index in [0.29, 0.717) is 22.7 Å². The normalized spacial score (nSPS) is 11.1. The highest BCUT2D eigenvalue weighted by Crippen LogP contribution is 2.36. The van der Waals surface area contributed by atoms with E-state index in [1.54, 1.807) is 13.8 Å². The average Bonchev–Trinajstić information content (AvgIpc) is 2.76. The molecule has 0 saturated carbocycles. The lowest BCUT2D eigenvalue weighted by Gasteiger charge is -2.16. The van der Waals surface area contributed by atoms with Crippen molar-refractivity contribution in [3.05, 3.63) is 80.3 Å². The predicted octanol–water partition coefficient (Wildman–Crippen LogP) is 5.93. The minimum atomic E-state index is -4.24. The molecule has 0 aliphatic carbocycles. The first-order valence-electron chi connectivity index (χ1n) is 10.5. The zero-order valence-corrected chi connectivity index (χ0v) is 22.1. The number of anilines is 1. The summed E-state index contributed by atoms with van der Waals surface area (Å²) in [5.74, 6) is -1.27. The predicted molar refractivity (Wildman–Crippen MR) is 139 cm³/mol. The molecule has 0 aliphatic heterocycles. The van der Waals surface area contributed by atoms with E-state index in [4.69, 9.17) is 44.6 Å². The number of rotatable bonds is 9. The lowest BCUT2D eigenvalue weighted by atomic mass is 10.1. The quantitative estimate of drug-likeness (QED) is 0.293. The van der Waals surface area contributed by atoms with Gasteiger partial charge in [0.15, 0.2) is 5.75 Å². The Morgan fingerprint density at radius 3 is 2.39 bits per heavy atom. The van der Waals surface area contributed by atoms with Crippen LogP contribution in [-0.4, -0.2) is 31.9 Å². The maximum absolute atomic E-state index is 13.2. The number of carboxylic acids is 1. The van der Waals surface area contributed by atoms with Crippen LogP contribution in [0.4, 0.5) is 5.69 Å². The van der Waals surface area contributed by atoms with Crippen molar-refractivity contribution in [1.82, 2.24) is 5.32 Å². The van der Waals surface area contributed by atoms with Gasteiger partial charge in [-0.05, 0) is 73.5 Å². The summed E-state index contributed by atoms with van der Waals surface area (Å²) < 4.78 is 34.8. The van der Waals surface area contributed by atoms with Crippen molar-refractivity contribution in [3.8, 4) is 11.5 Å². The van der Waals surface area contributed by atoms with Gasteiger partial charge in [0.1, 0.15) is 10.6 Å².